The van der Waals surface area contributed by atoms with Crippen molar-refractivity contribution in [1.82, 2.24) is 15.5 Å². The summed E-state index contributed by atoms with van der Waals surface area (Å²) in [6.45, 7) is 1.89. The fourth-order valence-corrected chi connectivity index (χ4v) is 5.73. The zero-order valence-corrected chi connectivity index (χ0v) is 17.4. The zero-order chi connectivity index (χ0) is 19.7. The second-order valence-corrected chi connectivity index (χ2v) is 9.36. The van der Waals surface area contributed by atoms with Crippen LogP contribution in [0.2, 0.25) is 4.34 Å². The van der Waals surface area contributed by atoms with Gasteiger partial charge in [-0.3, -0.25) is 19.5 Å². The van der Waals surface area contributed by atoms with Crippen molar-refractivity contribution in [2.45, 2.75) is 19.3 Å². The Morgan fingerprint density at radius 1 is 1.18 bits per heavy atom. The summed E-state index contributed by atoms with van der Waals surface area (Å²) in [5.41, 5.74) is 0. The van der Waals surface area contributed by atoms with E-state index in [1.165, 1.54) is 9.78 Å². The van der Waals surface area contributed by atoms with Gasteiger partial charge in [-0.2, -0.15) is 0 Å². The summed E-state index contributed by atoms with van der Waals surface area (Å²) >= 11 is 7.53. The smallest absolute Gasteiger partial charge is 0.233 e. The molecule has 8 heteroatoms. The Bertz CT molecular complexity index is 791. The number of hydrogen-bond donors (Lipinski definition) is 2. The van der Waals surface area contributed by atoms with Gasteiger partial charge in [-0.25, -0.2) is 0 Å². The molecule has 0 radical (unpaired) electrons. The third-order valence-corrected chi connectivity index (χ3v) is 7.22. The van der Waals surface area contributed by atoms with Crippen molar-refractivity contribution >= 4 is 40.7 Å². The van der Waals surface area contributed by atoms with Crippen LogP contribution in [0.25, 0.3) is 0 Å². The predicted molar refractivity (Wildman–Crippen MR) is 111 cm³/mol. The fraction of sp³-hybridized carbons (Fsp3) is 0.550. The number of amides is 2. The minimum atomic E-state index is -0.101. The molecule has 2 aliphatic carbocycles. The average molecular weight is 421 g/mol. The van der Waals surface area contributed by atoms with E-state index in [-0.39, 0.29) is 35.5 Å². The Morgan fingerprint density at radius 3 is 2.46 bits per heavy atom. The van der Waals surface area contributed by atoms with Crippen LogP contribution < -0.4 is 10.6 Å². The van der Waals surface area contributed by atoms with Gasteiger partial charge in [0.05, 0.1) is 16.2 Å². The lowest BCUT2D eigenvalue weighted by molar-refractivity contribution is -0.140. The van der Waals surface area contributed by atoms with Crippen molar-refractivity contribution in [3.05, 3.63) is 33.5 Å². The van der Waals surface area contributed by atoms with Crippen LogP contribution in [0.5, 0.6) is 0 Å². The summed E-state index contributed by atoms with van der Waals surface area (Å²) in [6, 6.07) is 3.94. The molecule has 1 aromatic rings. The maximum Gasteiger partial charge on any atom is 0.233 e. The molecule has 1 aliphatic heterocycles. The number of halogens is 1. The highest BCUT2D eigenvalue weighted by atomic mass is 35.5. The minimum Gasteiger partial charge on any atom is -0.356 e. The number of guanidine groups is 1. The van der Waals surface area contributed by atoms with Crippen LogP contribution in [0, 0.1) is 23.7 Å². The Kier molecular flexibility index (Phi) is 5.73. The molecule has 2 bridgehead atoms. The number of carbonyl (C=O) groups is 2. The van der Waals surface area contributed by atoms with E-state index in [1.54, 1.807) is 18.4 Å². The number of nitrogens with zero attached hydrogens (tertiary/aromatic N) is 2. The van der Waals surface area contributed by atoms with Gasteiger partial charge in [0.1, 0.15) is 0 Å². The molecule has 1 saturated carbocycles. The van der Waals surface area contributed by atoms with Crippen LogP contribution in [0.3, 0.4) is 0 Å². The molecule has 2 heterocycles. The summed E-state index contributed by atoms with van der Waals surface area (Å²) < 4.78 is 0.802. The molecule has 4 atom stereocenters. The van der Waals surface area contributed by atoms with Crippen LogP contribution in [0.15, 0.2) is 29.3 Å². The number of imide groups is 1. The highest BCUT2D eigenvalue weighted by Gasteiger charge is 2.58. The predicted octanol–water partition coefficient (Wildman–Crippen LogP) is 2.31. The van der Waals surface area contributed by atoms with Crippen molar-refractivity contribution in [1.29, 1.82) is 0 Å². The fourth-order valence-electron chi connectivity index (χ4n) is 4.64. The molecule has 6 nitrogen and oxygen atoms in total. The van der Waals surface area contributed by atoms with Gasteiger partial charge in [-0.15, -0.1) is 11.3 Å². The van der Waals surface area contributed by atoms with Gasteiger partial charge in [0.25, 0.3) is 0 Å². The van der Waals surface area contributed by atoms with Gasteiger partial charge in [0.2, 0.25) is 11.8 Å². The van der Waals surface area contributed by atoms with Crippen LogP contribution >= 0.6 is 22.9 Å². The number of thiophene rings is 1. The van der Waals surface area contributed by atoms with E-state index in [1.807, 2.05) is 12.1 Å². The standard InChI is InChI=1S/C20H25ClN4O2S/c1-22-20(24-9-7-14-5-6-15(21)28-14)23-8-2-10-25-18(26)16-12-3-4-13(11-12)17(16)19(25)27/h3-6,12-13,16-17H,2,7-11H2,1H3,(H2,22,23,24). The van der Waals surface area contributed by atoms with Gasteiger partial charge in [0, 0.05) is 31.6 Å². The maximum absolute atomic E-state index is 12.7. The summed E-state index contributed by atoms with van der Waals surface area (Å²) in [7, 11) is 1.73. The highest BCUT2D eigenvalue weighted by Crippen LogP contribution is 2.52. The molecule has 1 saturated heterocycles. The first-order valence-corrected chi connectivity index (χ1v) is 11.0. The Morgan fingerprint density at radius 2 is 1.86 bits per heavy atom. The second-order valence-electron chi connectivity index (χ2n) is 7.56. The summed E-state index contributed by atoms with van der Waals surface area (Å²) in [6.07, 6.45) is 6.82. The largest absolute Gasteiger partial charge is 0.356 e. The number of nitrogens with one attached hydrogen (secondary N) is 2. The number of rotatable bonds is 7. The summed E-state index contributed by atoms with van der Waals surface area (Å²) in [5.74, 6) is 1.13. The van der Waals surface area contributed by atoms with Gasteiger partial charge in [0.15, 0.2) is 5.96 Å². The SMILES string of the molecule is CN=C(NCCCN1C(=O)C2C3C=CC(C3)C2C1=O)NCCc1ccc(Cl)s1. The lowest BCUT2D eigenvalue weighted by Gasteiger charge is -2.18. The second kappa shape index (κ2) is 8.25. The minimum absolute atomic E-state index is 0.0314. The number of likely N-dealkylation sites (tertiary alicyclic amines) is 1. The quantitative estimate of drug-likeness (QED) is 0.233. The van der Waals surface area contributed by atoms with Crippen LogP contribution in [-0.2, 0) is 16.0 Å². The Labute approximate surface area is 174 Å². The molecule has 0 aromatic carbocycles. The first-order valence-electron chi connectivity index (χ1n) is 9.80. The van der Waals surface area contributed by atoms with Gasteiger partial charge in [-0.05, 0) is 43.2 Å². The molecular weight excluding hydrogens is 396 g/mol. The van der Waals surface area contributed by atoms with E-state index in [0.29, 0.717) is 19.5 Å². The maximum atomic E-state index is 12.7. The molecule has 2 N–H and O–H groups in total. The van der Waals surface area contributed by atoms with Crippen LogP contribution in [0.4, 0.5) is 0 Å². The molecule has 2 amide bonds. The number of aliphatic imine (C=N–C) groups is 1. The van der Waals surface area contributed by atoms with Crippen molar-refractivity contribution in [3.63, 3.8) is 0 Å². The highest BCUT2D eigenvalue weighted by molar-refractivity contribution is 7.16. The Hall–Kier alpha value is -1.86. The summed E-state index contributed by atoms with van der Waals surface area (Å²) in [4.78, 5) is 32.2. The molecule has 1 aromatic heterocycles. The van der Waals surface area contributed by atoms with Crippen molar-refractivity contribution in [2.24, 2.45) is 28.7 Å². The van der Waals surface area contributed by atoms with Gasteiger partial charge in [-0.1, -0.05) is 23.8 Å². The number of allylic oxidation sites excluding steroid dienone is 2. The molecule has 4 unspecified atom stereocenters. The van der Waals surface area contributed by atoms with E-state index in [0.717, 1.165) is 29.7 Å². The van der Waals surface area contributed by atoms with E-state index in [9.17, 15) is 9.59 Å². The van der Waals surface area contributed by atoms with E-state index >= 15 is 0 Å². The lowest BCUT2D eigenvalue weighted by atomic mass is 9.85. The molecular formula is C20H25ClN4O2S. The van der Waals surface area contributed by atoms with E-state index in [2.05, 4.69) is 27.8 Å². The third-order valence-electron chi connectivity index (χ3n) is 5.93. The van der Waals surface area contributed by atoms with E-state index in [4.69, 9.17) is 11.6 Å². The average Bonchev–Trinajstić information content (AvgIpc) is 3.44. The van der Waals surface area contributed by atoms with E-state index < -0.39 is 0 Å². The molecule has 2 fully saturated rings. The van der Waals surface area contributed by atoms with Crippen LogP contribution in [-0.4, -0.2) is 49.4 Å². The monoisotopic (exact) mass is 420 g/mol. The molecule has 0 spiro atoms. The van der Waals surface area contributed by atoms with Gasteiger partial charge < -0.3 is 10.6 Å². The first-order chi connectivity index (χ1) is 13.6. The molecule has 4 rings (SSSR count). The molecule has 150 valence electrons. The number of fused-ring (bicyclic) bond motifs is 5. The zero-order valence-electron chi connectivity index (χ0n) is 15.9. The topological polar surface area (TPSA) is 73.8 Å². The lowest BCUT2D eigenvalue weighted by Crippen LogP contribution is -2.40. The molecule has 28 heavy (non-hydrogen) atoms. The Balaban J connectivity index is 1.18. The van der Waals surface area contributed by atoms with Crippen LogP contribution in [0.1, 0.15) is 17.7 Å². The molecule has 3 aliphatic rings. The van der Waals surface area contributed by atoms with Crippen molar-refractivity contribution < 1.29 is 9.59 Å². The van der Waals surface area contributed by atoms with Crippen molar-refractivity contribution in [3.8, 4) is 0 Å². The third kappa shape index (κ3) is 3.70. The first kappa shape index (κ1) is 19.5. The van der Waals surface area contributed by atoms with Gasteiger partial charge >= 0.3 is 0 Å². The van der Waals surface area contributed by atoms with Crippen molar-refractivity contribution in [2.75, 3.05) is 26.7 Å². The normalized spacial score (nSPS) is 28.4. The summed E-state index contributed by atoms with van der Waals surface area (Å²) in [5, 5.41) is 6.52. The number of carbonyl (C=O) groups excluding carboxylic acids is 2. The number of hydrogen-bond acceptors (Lipinski definition) is 4.